The lowest BCUT2D eigenvalue weighted by molar-refractivity contribution is -0.136. The van der Waals surface area contributed by atoms with Gasteiger partial charge in [0, 0.05) is 11.1 Å². The molecular weight excluding hydrogens is 256 g/mol. The molecule has 2 aromatic rings. The average molecular weight is 274 g/mol. The predicted octanol–water partition coefficient (Wildman–Crippen LogP) is 2.84. The molecule has 1 aromatic carbocycles. The van der Waals surface area contributed by atoms with Crippen LogP contribution in [0.5, 0.6) is 5.75 Å². The normalized spacial score (nSPS) is 10.8. The van der Waals surface area contributed by atoms with Crippen LogP contribution in [0.1, 0.15) is 30.9 Å². The zero-order valence-corrected chi connectivity index (χ0v) is 11.8. The summed E-state index contributed by atoms with van der Waals surface area (Å²) in [5, 5.41) is 15.8. The molecular formula is C15H18N2O3. The number of hydrogen-bond acceptors (Lipinski definition) is 3. The maximum atomic E-state index is 10.9. The first-order valence-corrected chi connectivity index (χ1v) is 6.45. The quantitative estimate of drug-likeness (QED) is 0.879. The van der Waals surface area contributed by atoms with Crippen molar-refractivity contribution in [1.82, 2.24) is 10.2 Å². The highest BCUT2D eigenvalue weighted by Crippen LogP contribution is 2.33. The third-order valence-electron chi connectivity index (χ3n) is 3.22. The highest BCUT2D eigenvalue weighted by Gasteiger charge is 2.16. The maximum Gasteiger partial charge on any atom is 0.307 e. The van der Waals surface area contributed by atoms with Crippen LogP contribution in [0, 0.1) is 0 Å². The van der Waals surface area contributed by atoms with E-state index in [9.17, 15) is 4.79 Å². The van der Waals surface area contributed by atoms with E-state index in [2.05, 4.69) is 24.0 Å². The summed E-state index contributed by atoms with van der Waals surface area (Å²) in [6.45, 7) is 4.22. The molecule has 1 aromatic heterocycles. The zero-order valence-electron chi connectivity index (χ0n) is 11.8. The number of H-pyrrole nitrogens is 1. The summed E-state index contributed by atoms with van der Waals surface area (Å²) < 4.78 is 5.37. The molecule has 0 saturated carbocycles. The van der Waals surface area contributed by atoms with Crippen LogP contribution in [0.4, 0.5) is 0 Å². The molecule has 0 bridgehead atoms. The number of aliphatic carboxylic acids is 1. The maximum absolute atomic E-state index is 10.9. The Balaban J connectivity index is 2.53. The zero-order chi connectivity index (χ0) is 14.7. The van der Waals surface area contributed by atoms with Gasteiger partial charge in [-0.05, 0) is 23.6 Å². The Kier molecular flexibility index (Phi) is 4.08. The van der Waals surface area contributed by atoms with E-state index >= 15 is 0 Å². The number of nitrogens with one attached hydrogen (secondary N) is 1. The first kappa shape index (κ1) is 14.1. The SMILES string of the molecule is COc1ccc(C(C)C)cc1-c1[nH]ncc1CC(=O)O. The third-order valence-corrected chi connectivity index (χ3v) is 3.22. The fourth-order valence-electron chi connectivity index (χ4n) is 2.12. The first-order chi connectivity index (χ1) is 9.52. The molecule has 0 aliphatic rings. The number of carbonyl (C=O) groups is 1. The van der Waals surface area contributed by atoms with Crippen molar-refractivity contribution in [2.45, 2.75) is 26.2 Å². The van der Waals surface area contributed by atoms with E-state index in [0.29, 0.717) is 22.9 Å². The van der Waals surface area contributed by atoms with Crippen molar-refractivity contribution in [2.24, 2.45) is 0 Å². The summed E-state index contributed by atoms with van der Waals surface area (Å²) in [7, 11) is 1.60. The predicted molar refractivity (Wildman–Crippen MR) is 76.0 cm³/mol. The standard InChI is InChI=1S/C15H18N2O3/c1-9(2)10-4-5-13(20-3)12(6-10)15-11(7-14(18)19)8-16-17-15/h4-6,8-9H,7H2,1-3H3,(H,16,17)(H,18,19). The Hall–Kier alpha value is -2.30. The Bertz CT molecular complexity index is 617. The molecule has 5 nitrogen and oxygen atoms in total. The third kappa shape index (κ3) is 2.82. The second-order valence-electron chi connectivity index (χ2n) is 4.96. The fourth-order valence-corrected chi connectivity index (χ4v) is 2.12. The van der Waals surface area contributed by atoms with Crippen molar-refractivity contribution >= 4 is 5.97 Å². The highest BCUT2D eigenvalue weighted by atomic mass is 16.5. The van der Waals surface area contributed by atoms with Crippen LogP contribution in [0.25, 0.3) is 11.3 Å². The molecule has 2 rings (SSSR count). The molecule has 0 spiro atoms. The summed E-state index contributed by atoms with van der Waals surface area (Å²) in [6, 6.07) is 5.93. The van der Waals surface area contributed by atoms with Crippen molar-refractivity contribution in [3.63, 3.8) is 0 Å². The summed E-state index contributed by atoms with van der Waals surface area (Å²) in [4.78, 5) is 10.9. The summed E-state index contributed by atoms with van der Waals surface area (Å²) in [6.07, 6.45) is 1.48. The van der Waals surface area contributed by atoms with E-state index < -0.39 is 5.97 Å². The van der Waals surface area contributed by atoms with E-state index in [-0.39, 0.29) is 6.42 Å². The minimum absolute atomic E-state index is 0.0686. The van der Waals surface area contributed by atoms with Crippen LogP contribution in [0.2, 0.25) is 0 Å². The number of aromatic nitrogens is 2. The molecule has 5 heteroatoms. The molecule has 0 aliphatic carbocycles. The lowest BCUT2D eigenvalue weighted by Crippen LogP contribution is -2.01. The number of nitrogens with zero attached hydrogens (tertiary/aromatic N) is 1. The van der Waals surface area contributed by atoms with E-state index in [4.69, 9.17) is 9.84 Å². The van der Waals surface area contributed by atoms with Crippen LogP contribution in [0.15, 0.2) is 24.4 Å². The molecule has 106 valence electrons. The first-order valence-electron chi connectivity index (χ1n) is 6.45. The van der Waals surface area contributed by atoms with Crippen molar-refractivity contribution in [3.05, 3.63) is 35.5 Å². The average Bonchev–Trinajstić information content (AvgIpc) is 2.85. The summed E-state index contributed by atoms with van der Waals surface area (Å²) >= 11 is 0. The smallest absolute Gasteiger partial charge is 0.307 e. The van der Waals surface area contributed by atoms with Gasteiger partial charge < -0.3 is 9.84 Å². The van der Waals surface area contributed by atoms with Gasteiger partial charge in [0.2, 0.25) is 0 Å². The Morgan fingerprint density at radius 1 is 1.45 bits per heavy atom. The van der Waals surface area contributed by atoms with Crippen LogP contribution in [-0.4, -0.2) is 28.4 Å². The Morgan fingerprint density at radius 3 is 2.80 bits per heavy atom. The van der Waals surface area contributed by atoms with Gasteiger partial charge in [-0.3, -0.25) is 9.89 Å². The molecule has 2 N–H and O–H groups in total. The van der Waals surface area contributed by atoms with E-state index in [1.807, 2.05) is 18.2 Å². The van der Waals surface area contributed by atoms with Gasteiger partial charge in [-0.1, -0.05) is 19.9 Å². The second kappa shape index (κ2) is 5.77. The number of benzene rings is 1. The summed E-state index contributed by atoms with van der Waals surface area (Å²) in [5.41, 5.74) is 3.35. The number of rotatable bonds is 5. The van der Waals surface area contributed by atoms with Gasteiger partial charge in [0.05, 0.1) is 25.4 Å². The molecule has 0 unspecified atom stereocenters. The number of carboxylic acids is 1. The Labute approximate surface area is 117 Å². The van der Waals surface area contributed by atoms with Gasteiger partial charge in [-0.15, -0.1) is 0 Å². The van der Waals surface area contributed by atoms with Gasteiger partial charge in [-0.2, -0.15) is 5.10 Å². The number of carboxylic acid groups (broad SMARTS) is 1. The van der Waals surface area contributed by atoms with Gasteiger partial charge in [0.15, 0.2) is 0 Å². The van der Waals surface area contributed by atoms with Crippen LogP contribution in [-0.2, 0) is 11.2 Å². The largest absolute Gasteiger partial charge is 0.496 e. The van der Waals surface area contributed by atoms with Crippen LogP contribution in [0.3, 0.4) is 0 Å². The molecule has 0 amide bonds. The topological polar surface area (TPSA) is 75.2 Å². The minimum atomic E-state index is -0.883. The lowest BCUT2D eigenvalue weighted by Gasteiger charge is -2.12. The van der Waals surface area contributed by atoms with Crippen LogP contribution < -0.4 is 4.74 Å². The molecule has 0 radical (unpaired) electrons. The Morgan fingerprint density at radius 2 is 2.20 bits per heavy atom. The molecule has 0 atom stereocenters. The second-order valence-corrected chi connectivity index (χ2v) is 4.96. The van der Waals surface area contributed by atoms with E-state index in [1.54, 1.807) is 13.3 Å². The van der Waals surface area contributed by atoms with Gasteiger partial charge >= 0.3 is 5.97 Å². The molecule has 0 fully saturated rings. The van der Waals surface area contributed by atoms with Crippen molar-refractivity contribution < 1.29 is 14.6 Å². The molecule has 0 aliphatic heterocycles. The van der Waals surface area contributed by atoms with Crippen LogP contribution >= 0.6 is 0 Å². The van der Waals surface area contributed by atoms with E-state index in [1.165, 1.54) is 0 Å². The number of aromatic amines is 1. The monoisotopic (exact) mass is 274 g/mol. The minimum Gasteiger partial charge on any atom is -0.496 e. The molecule has 20 heavy (non-hydrogen) atoms. The number of methoxy groups -OCH3 is 1. The van der Waals surface area contributed by atoms with Crippen molar-refractivity contribution in [1.29, 1.82) is 0 Å². The fraction of sp³-hybridized carbons (Fsp3) is 0.333. The molecule has 0 saturated heterocycles. The van der Waals surface area contributed by atoms with Crippen molar-refractivity contribution in [2.75, 3.05) is 7.11 Å². The molecule has 1 heterocycles. The number of ether oxygens (including phenoxy) is 1. The van der Waals surface area contributed by atoms with Crippen molar-refractivity contribution in [3.8, 4) is 17.0 Å². The van der Waals surface area contributed by atoms with E-state index in [0.717, 1.165) is 11.1 Å². The number of hydrogen-bond donors (Lipinski definition) is 2. The lowest BCUT2D eigenvalue weighted by atomic mass is 9.97. The van der Waals surface area contributed by atoms with Gasteiger partial charge in [-0.25, -0.2) is 0 Å². The highest BCUT2D eigenvalue weighted by molar-refractivity contribution is 5.77. The summed E-state index contributed by atoms with van der Waals surface area (Å²) in [5.74, 6) is 0.197. The van der Waals surface area contributed by atoms with Gasteiger partial charge in [0.25, 0.3) is 0 Å². The van der Waals surface area contributed by atoms with Gasteiger partial charge in [0.1, 0.15) is 5.75 Å².